The number of methoxy groups -OCH3 is 1. The average molecular weight is 472 g/mol. The van der Waals surface area contributed by atoms with Crippen LogP contribution < -0.4 is 10.1 Å². The van der Waals surface area contributed by atoms with E-state index in [9.17, 15) is 19.2 Å². The Bertz CT molecular complexity index is 1220. The second-order valence-electron chi connectivity index (χ2n) is 7.91. The zero-order valence-corrected chi connectivity index (χ0v) is 19.1. The van der Waals surface area contributed by atoms with Crippen molar-refractivity contribution < 1.29 is 28.7 Å². The van der Waals surface area contributed by atoms with E-state index in [0.717, 1.165) is 4.90 Å². The summed E-state index contributed by atoms with van der Waals surface area (Å²) >= 11 is 0. The molecule has 0 saturated heterocycles. The molecule has 0 bridgehead atoms. The molecule has 1 N–H and O–H groups in total. The number of nitrogens with one attached hydrogen (secondary N) is 1. The Kier molecular flexibility index (Phi) is 7.21. The van der Waals surface area contributed by atoms with Crippen molar-refractivity contribution in [2.24, 2.45) is 0 Å². The minimum absolute atomic E-state index is 0.0663. The number of imide groups is 1. The standard InChI is InChI=1S/C27H24N2O6/c1-34-20-12-7-11-19(17-20)28-25(31)24(18-9-3-2-4-10-18)35-23(30)15-8-16-29-26(32)21-13-5-6-14-22(21)27(29)33/h2-7,9-14,17,24H,8,15-16H2,1H3,(H,28,31). The smallest absolute Gasteiger partial charge is 0.306 e. The van der Waals surface area contributed by atoms with Gasteiger partial charge in [-0.25, -0.2) is 0 Å². The Morgan fingerprint density at radius 2 is 1.54 bits per heavy atom. The number of hydrogen-bond donors (Lipinski definition) is 1. The quantitative estimate of drug-likeness (QED) is 0.373. The summed E-state index contributed by atoms with van der Waals surface area (Å²) in [5.74, 6) is -1.31. The lowest BCUT2D eigenvalue weighted by Gasteiger charge is -2.19. The lowest BCUT2D eigenvalue weighted by Crippen LogP contribution is -2.31. The third kappa shape index (κ3) is 5.38. The van der Waals surface area contributed by atoms with Crippen molar-refractivity contribution in [3.8, 4) is 5.75 Å². The molecular formula is C27H24N2O6. The molecule has 35 heavy (non-hydrogen) atoms. The van der Waals surface area contributed by atoms with Crippen LogP contribution in [0.15, 0.2) is 78.9 Å². The molecule has 0 saturated carbocycles. The first-order valence-corrected chi connectivity index (χ1v) is 11.1. The van der Waals surface area contributed by atoms with Crippen molar-refractivity contribution in [1.82, 2.24) is 4.90 Å². The van der Waals surface area contributed by atoms with Gasteiger partial charge >= 0.3 is 5.97 Å². The van der Waals surface area contributed by atoms with Crippen LogP contribution in [0.2, 0.25) is 0 Å². The van der Waals surface area contributed by atoms with E-state index in [4.69, 9.17) is 9.47 Å². The molecule has 0 aromatic heterocycles. The summed E-state index contributed by atoms with van der Waals surface area (Å²) in [6.45, 7) is 0.0768. The first kappa shape index (κ1) is 23.7. The highest BCUT2D eigenvalue weighted by molar-refractivity contribution is 6.21. The van der Waals surface area contributed by atoms with E-state index in [2.05, 4.69) is 5.32 Å². The van der Waals surface area contributed by atoms with Gasteiger partial charge in [0.25, 0.3) is 17.7 Å². The molecule has 8 nitrogen and oxygen atoms in total. The maximum Gasteiger partial charge on any atom is 0.306 e. The van der Waals surface area contributed by atoms with Gasteiger partial charge in [0, 0.05) is 30.3 Å². The zero-order chi connectivity index (χ0) is 24.8. The number of anilines is 1. The predicted molar refractivity (Wildman–Crippen MR) is 128 cm³/mol. The van der Waals surface area contributed by atoms with Gasteiger partial charge in [-0.2, -0.15) is 0 Å². The molecule has 0 aliphatic carbocycles. The highest BCUT2D eigenvalue weighted by Gasteiger charge is 2.34. The molecule has 0 radical (unpaired) electrons. The largest absolute Gasteiger partial charge is 0.497 e. The van der Waals surface area contributed by atoms with E-state index in [1.165, 1.54) is 7.11 Å². The van der Waals surface area contributed by atoms with Crippen molar-refractivity contribution in [3.05, 3.63) is 95.6 Å². The molecule has 178 valence electrons. The molecular weight excluding hydrogens is 448 g/mol. The van der Waals surface area contributed by atoms with Crippen molar-refractivity contribution in [1.29, 1.82) is 0 Å². The summed E-state index contributed by atoms with van der Waals surface area (Å²) in [6, 6.07) is 22.1. The third-order valence-electron chi connectivity index (χ3n) is 5.57. The SMILES string of the molecule is COc1cccc(NC(=O)C(OC(=O)CCCN2C(=O)c3ccccc3C2=O)c2ccccc2)c1. The monoisotopic (exact) mass is 472 g/mol. The van der Waals surface area contributed by atoms with E-state index in [0.29, 0.717) is 28.1 Å². The van der Waals surface area contributed by atoms with E-state index in [1.807, 2.05) is 0 Å². The minimum atomic E-state index is -1.17. The van der Waals surface area contributed by atoms with E-state index in [-0.39, 0.29) is 31.2 Å². The van der Waals surface area contributed by atoms with Crippen LogP contribution >= 0.6 is 0 Å². The highest BCUT2D eigenvalue weighted by Crippen LogP contribution is 2.25. The van der Waals surface area contributed by atoms with E-state index < -0.39 is 18.0 Å². The lowest BCUT2D eigenvalue weighted by molar-refractivity contribution is -0.154. The molecule has 4 rings (SSSR count). The Hall–Kier alpha value is -4.46. The van der Waals surface area contributed by atoms with Gasteiger partial charge in [0.2, 0.25) is 6.10 Å². The van der Waals surface area contributed by atoms with E-state index >= 15 is 0 Å². The first-order valence-electron chi connectivity index (χ1n) is 11.1. The average Bonchev–Trinajstić information content (AvgIpc) is 3.13. The fourth-order valence-electron chi connectivity index (χ4n) is 3.82. The number of esters is 1. The van der Waals surface area contributed by atoms with Gasteiger partial charge in [0.1, 0.15) is 5.75 Å². The summed E-state index contributed by atoms with van der Waals surface area (Å²) in [5.41, 5.74) is 1.73. The van der Waals surface area contributed by atoms with Gasteiger partial charge in [-0.3, -0.25) is 24.1 Å². The van der Waals surface area contributed by atoms with E-state index in [1.54, 1.807) is 78.9 Å². The maximum absolute atomic E-state index is 13.0. The van der Waals surface area contributed by atoms with Gasteiger partial charge < -0.3 is 14.8 Å². The number of nitrogens with zero attached hydrogens (tertiary/aromatic N) is 1. The van der Waals surface area contributed by atoms with Crippen LogP contribution in [0.3, 0.4) is 0 Å². The molecule has 1 atom stereocenters. The van der Waals surface area contributed by atoms with Gasteiger partial charge in [0.15, 0.2) is 0 Å². The first-order chi connectivity index (χ1) is 17.0. The maximum atomic E-state index is 13.0. The van der Waals surface area contributed by atoms with Gasteiger partial charge in [-0.1, -0.05) is 48.5 Å². The number of fused-ring (bicyclic) bond motifs is 1. The topological polar surface area (TPSA) is 102 Å². The number of carbonyl (C=O) groups excluding carboxylic acids is 4. The van der Waals surface area contributed by atoms with Crippen molar-refractivity contribution in [2.45, 2.75) is 18.9 Å². The van der Waals surface area contributed by atoms with Crippen molar-refractivity contribution >= 4 is 29.4 Å². The molecule has 8 heteroatoms. The fraction of sp³-hybridized carbons (Fsp3) is 0.185. The number of amides is 3. The fourth-order valence-corrected chi connectivity index (χ4v) is 3.82. The lowest BCUT2D eigenvalue weighted by atomic mass is 10.1. The molecule has 3 aromatic carbocycles. The Morgan fingerprint density at radius 1 is 0.886 bits per heavy atom. The van der Waals surface area contributed by atoms with Crippen LogP contribution in [0, 0.1) is 0 Å². The van der Waals surface area contributed by atoms with Gasteiger partial charge in [-0.15, -0.1) is 0 Å². The summed E-state index contributed by atoms with van der Waals surface area (Å²) in [5, 5.41) is 2.75. The number of rotatable bonds is 9. The highest BCUT2D eigenvalue weighted by atomic mass is 16.5. The number of carbonyl (C=O) groups is 4. The molecule has 1 heterocycles. The molecule has 1 unspecified atom stereocenters. The minimum Gasteiger partial charge on any atom is -0.497 e. The summed E-state index contributed by atoms with van der Waals surface area (Å²) in [7, 11) is 1.53. The van der Waals surface area contributed by atoms with Crippen LogP contribution in [-0.4, -0.2) is 42.2 Å². The molecule has 3 amide bonds. The summed E-state index contributed by atoms with van der Waals surface area (Å²) < 4.78 is 10.7. The van der Waals surface area contributed by atoms with Crippen LogP contribution in [0.1, 0.15) is 45.2 Å². The Balaban J connectivity index is 1.38. The number of ether oxygens (including phenoxy) is 2. The normalized spacial score (nSPS) is 13.2. The summed E-state index contributed by atoms with van der Waals surface area (Å²) in [6.07, 6.45) is -1.03. The van der Waals surface area contributed by atoms with Crippen LogP contribution in [0.5, 0.6) is 5.75 Å². The second kappa shape index (κ2) is 10.6. The van der Waals surface area contributed by atoms with Crippen molar-refractivity contribution in [3.63, 3.8) is 0 Å². The Labute approximate surface area is 202 Å². The molecule has 1 aliphatic heterocycles. The van der Waals surface area contributed by atoms with Crippen LogP contribution in [-0.2, 0) is 14.3 Å². The third-order valence-corrected chi connectivity index (χ3v) is 5.57. The number of benzene rings is 3. The molecule has 0 fully saturated rings. The Morgan fingerprint density at radius 3 is 2.20 bits per heavy atom. The van der Waals surface area contributed by atoms with Gasteiger partial charge in [-0.05, 0) is 30.7 Å². The van der Waals surface area contributed by atoms with Crippen LogP contribution in [0.4, 0.5) is 5.69 Å². The molecule has 3 aromatic rings. The van der Waals surface area contributed by atoms with Crippen LogP contribution in [0.25, 0.3) is 0 Å². The van der Waals surface area contributed by atoms with Gasteiger partial charge in [0.05, 0.1) is 18.2 Å². The van der Waals surface area contributed by atoms with Crippen molar-refractivity contribution in [2.75, 3.05) is 19.0 Å². The summed E-state index contributed by atoms with van der Waals surface area (Å²) in [4.78, 5) is 51.7. The number of hydrogen-bond acceptors (Lipinski definition) is 6. The molecule has 1 aliphatic rings. The molecule has 0 spiro atoms. The zero-order valence-electron chi connectivity index (χ0n) is 19.1. The second-order valence-corrected chi connectivity index (χ2v) is 7.91. The predicted octanol–water partition coefficient (Wildman–Crippen LogP) is 3.99.